The van der Waals surface area contributed by atoms with Gasteiger partial charge in [-0.2, -0.15) is 0 Å². The van der Waals surface area contributed by atoms with E-state index in [2.05, 4.69) is 11.9 Å². The fraction of sp³-hybridized carbons (Fsp3) is 0.471. The van der Waals surface area contributed by atoms with Gasteiger partial charge in [0.25, 0.3) is 0 Å². The zero-order chi connectivity index (χ0) is 14.6. The fourth-order valence-electron chi connectivity index (χ4n) is 2.76. The number of quaternary nitrogens is 1. The molecular weight excluding hydrogens is 250 g/mol. The van der Waals surface area contributed by atoms with Crippen molar-refractivity contribution >= 4 is 11.5 Å². The van der Waals surface area contributed by atoms with E-state index >= 15 is 0 Å². The maximum atomic E-state index is 12.3. The molecule has 0 atom stereocenters. The number of piperidine rings is 1. The van der Waals surface area contributed by atoms with E-state index < -0.39 is 5.60 Å². The minimum Gasteiger partial charge on any atom is -0.456 e. The van der Waals surface area contributed by atoms with Crippen LogP contribution in [0, 0.1) is 5.92 Å². The van der Waals surface area contributed by atoms with Gasteiger partial charge in [-0.25, -0.2) is 4.79 Å². The van der Waals surface area contributed by atoms with Crippen LogP contribution in [0.15, 0.2) is 36.9 Å². The normalized spacial score (nSPS) is 16.7. The smallest absolute Gasteiger partial charge is 0.338 e. The highest BCUT2D eigenvalue weighted by Gasteiger charge is 2.35. The Hall–Kier alpha value is -1.61. The highest BCUT2D eigenvalue weighted by molar-refractivity contribution is 6.15. The molecule has 1 saturated heterocycles. The second-order valence-corrected chi connectivity index (χ2v) is 5.98. The van der Waals surface area contributed by atoms with Gasteiger partial charge in [-0.3, -0.25) is 0 Å². The van der Waals surface area contributed by atoms with Crippen LogP contribution in [-0.2, 0) is 9.53 Å². The monoisotopic (exact) mass is 274 g/mol. The minimum atomic E-state index is -0.428. The second-order valence-electron chi connectivity index (χ2n) is 5.98. The maximum absolute atomic E-state index is 12.3. The lowest BCUT2D eigenvalue weighted by Crippen LogP contribution is -2.86. The number of carbonyl (C=O) groups excluding carboxylic acids is 1. The Morgan fingerprint density at radius 2 is 1.85 bits per heavy atom. The lowest BCUT2D eigenvalue weighted by atomic mass is 9.83. The quantitative estimate of drug-likeness (QED) is 0.674. The summed E-state index contributed by atoms with van der Waals surface area (Å²) in [7, 11) is 0. The largest absolute Gasteiger partial charge is 0.456 e. The van der Waals surface area contributed by atoms with Crippen LogP contribution in [0.1, 0.15) is 32.3 Å². The molecule has 0 unspecified atom stereocenters. The van der Waals surface area contributed by atoms with Crippen LogP contribution in [0.2, 0.25) is 0 Å². The Bertz CT molecular complexity index is 473. The van der Waals surface area contributed by atoms with Crippen LogP contribution >= 0.6 is 0 Å². The van der Waals surface area contributed by atoms with Crippen molar-refractivity contribution in [1.82, 2.24) is 0 Å². The van der Waals surface area contributed by atoms with Crippen LogP contribution in [-0.4, -0.2) is 24.7 Å². The summed E-state index contributed by atoms with van der Waals surface area (Å²) in [4.78, 5) is 12.3. The van der Waals surface area contributed by atoms with E-state index in [1.54, 1.807) is 0 Å². The predicted molar refractivity (Wildman–Crippen MR) is 80.0 cm³/mol. The third-order valence-corrected chi connectivity index (χ3v) is 4.15. The number of rotatable bonds is 4. The summed E-state index contributed by atoms with van der Waals surface area (Å²) in [5, 5.41) is 2.32. The molecule has 3 heteroatoms. The molecule has 2 rings (SSSR count). The summed E-state index contributed by atoms with van der Waals surface area (Å²) >= 11 is 0. The first kappa shape index (κ1) is 14.8. The molecule has 0 aliphatic carbocycles. The van der Waals surface area contributed by atoms with Gasteiger partial charge < -0.3 is 10.1 Å². The van der Waals surface area contributed by atoms with Crippen LogP contribution in [0.5, 0.6) is 0 Å². The molecule has 1 heterocycles. The number of hydrogen-bond acceptors (Lipinski definition) is 2. The Morgan fingerprint density at radius 1 is 1.25 bits per heavy atom. The first-order chi connectivity index (χ1) is 9.50. The van der Waals surface area contributed by atoms with E-state index in [-0.39, 0.29) is 5.97 Å². The number of hydrogen-bond donors (Lipinski definition) is 1. The molecular formula is C17H24NO2+. The molecule has 1 fully saturated rings. The van der Waals surface area contributed by atoms with E-state index in [0.717, 1.165) is 31.5 Å². The van der Waals surface area contributed by atoms with Gasteiger partial charge in [0.15, 0.2) is 0 Å². The third kappa shape index (κ3) is 3.48. The van der Waals surface area contributed by atoms with Crippen molar-refractivity contribution in [2.24, 2.45) is 5.92 Å². The topological polar surface area (TPSA) is 42.9 Å². The minimum absolute atomic E-state index is 0.309. The second kappa shape index (κ2) is 6.23. The van der Waals surface area contributed by atoms with E-state index in [1.165, 1.54) is 0 Å². The van der Waals surface area contributed by atoms with Crippen LogP contribution in [0.3, 0.4) is 0 Å². The molecule has 1 aliphatic rings. The number of nitrogens with two attached hydrogens (primary N) is 1. The van der Waals surface area contributed by atoms with Crippen molar-refractivity contribution in [1.29, 1.82) is 0 Å². The number of ether oxygens (including phenoxy) is 1. The van der Waals surface area contributed by atoms with E-state index in [0.29, 0.717) is 11.5 Å². The molecule has 0 spiro atoms. The molecule has 2 N–H and O–H groups in total. The molecule has 1 aromatic rings. The van der Waals surface area contributed by atoms with E-state index in [4.69, 9.17) is 4.74 Å². The number of esters is 1. The van der Waals surface area contributed by atoms with Gasteiger partial charge in [-0.15, -0.1) is 0 Å². The molecule has 1 aliphatic heterocycles. The van der Waals surface area contributed by atoms with Gasteiger partial charge in [0.2, 0.25) is 0 Å². The summed E-state index contributed by atoms with van der Waals surface area (Å²) in [6, 6.07) is 9.48. The lowest BCUT2D eigenvalue weighted by Gasteiger charge is -2.35. The number of carbonyl (C=O) groups is 1. The van der Waals surface area contributed by atoms with Crippen molar-refractivity contribution in [2.75, 3.05) is 13.1 Å². The molecule has 0 amide bonds. The van der Waals surface area contributed by atoms with Gasteiger partial charge in [0.1, 0.15) is 5.60 Å². The van der Waals surface area contributed by atoms with Crippen LogP contribution in [0.4, 0.5) is 0 Å². The first-order valence-electron chi connectivity index (χ1n) is 7.30. The van der Waals surface area contributed by atoms with Crippen molar-refractivity contribution in [3.63, 3.8) is 0 Å². The fourth-order valence-corrected chi connectivity index (χ4v) is 2.76. The first-order valence-corrected chi connectivity index (χ1v) is 7.30. The Morgan fingerprint density at radius 3 is 2.45 bits per heavy atom. The Labute approximate surface area is 121 Å². The van der Waals surface area contributed by atoms with Gasteiger partial charge in [-0.1, -0.05) is 36.9 Å². The molecule has 0 radical (unpaired) electrons. The average Bonchev–Trinajstić information content (AvgIpc) is 2.48. The van der Waals surface area contributed by atoms with E-state index in [9.17, 15) is 4.79 Å². The van der Waals surface area contributed by atoms with Crippen molar-refractivity contribution in [3.8, 4) is 0 Å². The van der Waals surface area contributed by atoms with Gasteiger partial charge in [0.05, 0.1) is 18.7 Å². The van der Waals surface area contributed by atoms with Gasteiger partial charge in [-0.05, 0) is 19.4 Å². The highest BCUT2D eigenvalue weighted by Crippen LogP contribution is 2.29. The Kier molecular flexibility index (Phi) is 4.61. The third-order valence-electron chi connectivity index (χ3n) is 4.15. The standard InChI is InChI=1S/C17H23NO2/c1-13(14-7-5-4-6-8-14)16(19)20-17(2,3)15-9-11-18-12-10-15/h4-8,15,18H,1,9-12H2,2-3H3/p+1. The SMILES string of the molecule is C=C(C(=O)OC(C)(C)C1CC[NH2+]CC1)c1ccccc1. The van der Waals surface area contributed by atoms with Crippen LogP contribution in [0.25, 0.3) is 5.57 Å². The predicted octanol–water partition coefficient (Wildman–Crippen LogP) is 1.99. The molecule has 0 saturated carbocycles. The molecule has 0 bridgehead atoms. The summed E-state index contributed by atoms with van der Waals surface area (Å²) in [5.74, 6) is 0.121. The summed E-state index contributed by atoms with van der Waals surface area (Å²) < 4.78 is 5.74. The summed E-state index contributed by atoms with van der Waals surface area (Å²) in [6.07, 6.45) is 2.19. The zero-order valence-corrected chi connectivity index (χ0v) is 12.4. The van der Waals surface area contributed by atoms with Crippen molar-refractivity contribution in [3.05, 3.63) is 42.5 Å². The summed E-state index contributed by atoms with van der Waals surface area (Å²) in [6.45, 7) is 10.1. The zero-order valence-electron chi connectivity index (χ0n) is 12.4. The summed E-state index contributed by atoms with van der Waals surface area (Å²) in [5.41, 5.74) is 0.828. The van der Waals surface area contributed by atoms with E-state index in [1.807, 2.05) is 44.2 Å². The van der Waals surface area contributed by atoms with Gasteiger partial charge >= 0.3 is 5.97 Å². The molecule has 0 aromatic heterocycles. The van der Waals surface area contributed by atoms with Crippen LogP contribution < -0.4 is 5.32 Å². The maximum Gasteiger partial charge on any atom is 0.338 e. The average molecular weight is 274 g/mol. The molecule has 3 nitrogen and oxygen atoms in total. The van der Waals surface area contributed by atoms with Gasteiger partial charge in [0, 0.05) is 18.8 Å². The molecule has 108 valence electrons. The molecule has 1 aromatic carbocycles. The number of benzene rings is 1. The Balaban J connectivity index is 2.01. The lowest BCUT2D eigenvalue weighted by molar-refractivity contribution is -0.665. The van der Waals surface area contributed by atoms with Crippen molar-refractivity contribution < 1.29 is 14.8 Å². The van der Waals surface area contributed by atoms with Crippen molar-refractivity contribution in [2.45, 2.75) is 32.3 Å². The molecule has 20 heavy (non-hydrogen) atoms. The highest BCUT2D eigenvalue weighted by atomic mass is 16.6.